The van der Waals surface area contributed by atoms with Gasteiger partial charge in [-0.3, -0.25) is 4.79 Å². The van der Waals surface area contributed by atoms with Crippen molar-refractivity contribution in [3.63, 3.8) is 0 Å². The molecule has 1 atom stereocenters. The number of carbonyl (C=O) groups excluding carboxylic acids is 1. The Morgan fingerprint density at radius 2 is 1.89 bits per heavy atom. The number of aryl methyl sites for hydroxylation is 1. The lowest BCUT2D eigenvalue weighted by Crippen LogP contribution is -2.33. The molecular weight excluding hydrogens is 440 g/mol. The number of nitrogens with two attached hydrogens (primary N) is 1. The van der Waals surface area contributed by atoms with Gasteiger partial charge in [-0.05, 0) is 57.1 Å². The number of likely N-dealkylation sites (tertiary alicyclic amines) is 2. The predicted octanol–water partition coefficient (Wildman–Crippen LogP) is 3.53. The fourth-order valence-corrected chi connectivity index (χ4v) is 5.55. The molecule has 182 valence electrons. The average Bonchev–Trinajstić information content (AvgIpc) is 3.47. The quantitative estimate of drug-likeness (QED) is 0.607. The standard InChI is InChI=1S/C27H32N6O2/c1-4-21-24(19-6-8-23(28)29-14-19)25(31-17-30-21)18-5-7-20(22(13-18)35-3)26(34)33-12-10-27(16-33)9-11-32(2)15-27/h5-8,13-14,17H,4,9-12,15-16H2,1-3H3,(H2,28,29). The van der Waals surface area contributed by atoms with Crippen LogP contribution in [0.2, 0.25) is 0 Å². The molecule has 1 amide bonds. The Morgan fingerprint density at radius 3 is 2.57 bits per heavy atom. The van der Waals surface area contributed by atoms with Crippen molar-refractivity contribution in [3.8, 4) is 28.1 Å². The summed E-state index contributed by atoms with van der Waals surface area (Å²) in [7, 11) is 3.77. The van der Waals surface area contributed by atoms with E-state index in [2.05, 4.69) is 33.8 Å². The van der Waals surface area contributed by atoms with Gasteiger partial charge in [-0.1, -0.05) is 13.0 Å². The third kappa shape index (κ3) is 4.34. The second kappa shape index (κ2) is 9.26. The molecule has 0 radical (unpaired) electrons. The molecule has 1 unspecified atom stereocenters. The van der Waals surface area contributed by atoms with Crippen LogP contribution in [0.3, 0.4) is 0 Å². The Hall–Kier alpha value is -3.52. The summed E-state index contributed by atoms with van der Waals surface area (Å²) in [4.78, 5) is 31.2. The van der Waals surface area contributed by atoms with Gasteiger partial charge in [0.1, 0.15) is 17.9 Å². The molecule has 2 aliphatic heterocycles. The Bertz CT molecular complexity index is 1240. The van der Waals surface area contributed by atoms with Gasteiger partial charge < -0.3 is 20.3 Å². The van der Waals surface area contributed by atoms with Gasteiger partial charge in [0.25, 0.3) is 5.91 Å². The summed E-state index contributed by atoms with van der Waals surface area (Å²) in [5, 5.41) is 0. The molecule has 8 heteroatoms. The van der Waals surface area contributed by atoms with Crippen LogP contribution >= 0.6 is 0 Å². The monoisotopic (exact) mass is 472 g/mol. The highest BCUT2D eigenvalue weighted by molar-refractivity contribution is 5.98. The van der Waals surface area contributed by atoms with Crippen molar-refractivity contribution in [1.82, 2.24) is 24.8 Å². The summed E-state index contributed by atoms with van der Waals surface area (Å²) in [5.74, 6) is 1.04. The Labute approximate surface area is 206 Å². The first kappa shape index (κ1) is 23.2. The van der Waals surface area contributed by atoms with Gasteiger partial charge in [0.05, 0.1) is 24.1 Å². The molecule has 2 aromatic heterocycles. The van der Waals surface area contributed by atoms with Gasteiger partial charge in [0.15, 0.2) is 0 Å². The Balaban J connectivity index is 1.49. The lowest BCUT2D eigenvalue weighted by atomic mass is 9.86. The second-order valence-corrected chi connectivity index (χ2v) is 9.75. The Morgan fingerprint density at radius 1 is 1.09 bits per heavy atom. The fraction of sp³-hybridized carbons (Fsp3) is 0.407. The van der Waals surface area contributed by atoms with E-state index in [1.165, 1.54) is 0 Å². The molecule has 5 rings (SSSR count). The first-order valence-corrected chi connectivity index (χ1v) is 12.1. The highest BCUT2D eigenvalue weighted by Gasteiger charge is 2.44. The molecule has 1 spiro atoms. The van der Waals surface area contributed by atoms with Crippen LogP contribution < -0.4 is 10.5 Å². The van der Waals surface area contributed by atoms with Crippen molar-refractivity contribution in [2.24, 2.45) is 5.41 Å². The number of methoxy groups -OCH3 is 1. The van der Waals surface area contributed by atoms with Crippen LogP contribution in [0.15, 0.2) is 42.9 Å². The molecule has 0 bridgehead atoms. The van der Waals surface area contributed by atoms with Crippen molar-refractivity contribution in [3.05, 3.63) is 54.1 Å². The lowest BCUT2D eigenvalue weighted by Gasteiger charge is -2.24. The minimum absolute atomic E-state index is 0.0275. The first-order valence-electron chi connectivity index (χ1n) is 12.1. The van der Waals surface area contributed by atoms with E-state index in [0.29, 0.717) is 17.1 Å². The van der Waals surface area contributed by atoms with Gasteiger partial charge in [0, 0.05) is 47.9 Å². The number of hydrogen-bond acceptors (Lipinski definition) is 7. The fourth-order valence-electron chi connectivity index (χ4n) is 5.55. The van der Waals surface area contributed by atoms with Crippen molar-refractivity contribution in [2.75, 3.05) is 46.1 Å². The van der Waals surface area contributed by atoms with Gasteiger partial charge >= 0.3 is 0 Å². The maximum absolute atomic E-state index is 13.5. The van der Waals surface area contributed by atoms with E-state index in [1.807, 2.05) is 29.2 Å². The molecule has 35 heavy (non-hydrogen) atoms. The van der Waals surface area contributed by atoms with Crippen LogP contribution in [0.4, 0.5) is 5.82 Å². The van der Waals surface area contributed by atoms with Gasteiger partial charge in [-0.15, -0.1) is 0 Å². The van der Waals surface area contributed by atoms with Gasteiger partial charge in [-0.25, -0.2) is 15.0 Å². The van der Waals surface area contributed by atoms with Crippen LogP contribution in [0.5, 0.6) is 5.75 Å². The maximum Gasteiger partial charge on any atom is 0.257 e. The third-order valence-electron chi connectivity index (χ3n) is 7.40. The van der Waals surface area contributed by atoms with Crippen LogP contribution in [0, 0.1) is 5.41 Å². The number of anilines is 1. The van der Waals surface area contributed by atoms with Gasteiger partial charge in [0.2, 0.25) is 0 Å². The van der Waals surface area contributed by atoms with E-state index < -0.39 is 0 Å². The minimum atomic E-state index is 0.0275. The number of carbonyl (C=O) groups is 1. The highest BCUT2D eigenvalue weighted by atomic mass is 16.5. The van der Waals surface area contributed by atoms with E-state index in [1.54, 1.807) is 25.7 Å². The summed E-state index contributed by atoms with van der Waals surface area (Å²) in [6, 6.07) is 9.42. The van der Waals surface area contributed by atoms with Gasteiger partial charge in [-0.2, -0.15) is 0 Å². The number of rotatable bonds is 5. The summed E-state index contributed by atoms with van der Waals surface area (Å²) in [6.45, 7) is 5.82. The topological polar surface area (TPSA) is 97.5 Å². The van der Waals surface area contributed by atoms with E-state index in [-0.39, 0.29) is 11.3 Å². The molecule has 0 aliphatic carbocycles. The molecule has 2 saturated heterocycles. The molecule has 0 saturated carbocycles. The summed E-state index contributed by atoms with van der Waals surface area (Å²) < 4.78 is 5.71. The SMILES string of the molecule is CCc1ncnc(-c2ccc(C(=O)N3CCC4(CCN(C)C4)C3)c(OC)c2)c1-c1ccc(N)nc1. The molecule has 2 N–H and O–H groups in total. The normalized spacial score (nSPS) is 20.0. The van der Waals surface area contributed by atoms with E-state index in [4.69, 9.17) is 10.5 Å². The minimum Gasteiger partial charge on any atom is -0.496 e. The van der Waals surface area contributed by atoms with Crippen LogP contribution in [-0.2, 0) is 6.42 Å². The zero-order valence-electron chi connectivity index (χ0n) is 20.6. The van der Waals surface area contributed by atoms with Crippen molar-refractivity contribution < 1.29 is 9.53 Å². The maximum atomic E-state index is 13.5. The number of pyridine rings is 1. The van der Waals surface area contributed by atoms with E-state index in [0.717, 1.165) is 73.5 Å². The average molecular weight is 473 g/mol. The first-order chi connectivity index (χ1) is 16.9. The van der Waals surface area contributed by atoms with Crippen LogP contribution in [0.25, 0.3) is 22.4 Å². The molecule has 1 aromatic carbocycles. The number of amides is 1. The van der Waals surface area contributed by atoms with Crippen LogP contribution in [0.1, 0.15) is 35.8 Å². The smallest absolute Gasteiger partial charge is 0.257 e. The summed E-state index contributed by atoms with van der Waals surface area (Å²) in [6.07, 6.45) is 6.28. The summed E-state index contributed by atoms with van der Waals surface area (Å²) in [5.41, 5.74) is 11.0. The number of ether oxygens (including phenoxy) is 1. The van der Waals surface area contributed by atoms with Crippen molar-refractivity contribution in [1.29, 1.82) is 0 Å². The molecule has 4 heterocycles. The highest BCUT2D eigenvalue weighted by Crippen LogP contribution is 2.40. The molecular formula is C27H32N6O2. The lowest BCUT2D eigenvalue weighted by molar-refractivity contribution is 0.0770. The zero-order chi connectivity index (χ0) is 24.6. The Kier molecular flexibility index (Phi) is 6.15. The molecule has 3 aromatic rings. The van der Waals surface area contributed by atoms with Crippen molar-refractivity contribution in [2.45, 2.75) is 26.2 Å². The van der Waals surface area contributed by atoms with E-state index in [9.17, 15) is 4.79 Å². The third-order valence-corrected chi connectivity index (χ3v) is 7.40. The number of nitrogens with zero attached hydrogens (tertiary/aromatic N) is 5. The number of benzene rings is 1. The number of aromatic nitrogens is 3. The largest absolute Gasteiger partial charge is 0.496 e. The van der Waals surface area contributed by atoms with Crippen molar-refractivity contribution >= 4 is 11.7 Å². The molecule has 2 fully saturated rings. The second-order valence-electron chi connectivity index (χ2n) is 9.75. The number of nitrogen functional groups attached to an aromatic ring is 1. The number of hydrogen-bond donors (Lipinski definition) is 1. The zero-order valence-corrected chi connectivity index (χ0v) is 20.6. The predicted molar refractivity (Wildman–Crippen MR) is 136 cm³/mol. The van der Waals surface area contributed by atoms with Crippen LogP contribution in [-0.4, -0.2) is 71.0 Å². The summed E-state index contributed by atoms with van der Waals surface area (Å²) >= 11 is 0. The molecule has 8 nitrogen and oxygen atoms in total. The van der Waals surface area contributed by atoms with E-state index >= 15 is 0 Å². The molecule has 2 aliphatic rings.